The van der Waals surface area contributed by atoms with Crippen LogP contribution in [0.2, 0.25) is 0 Å². The van der Waals surface area contributed by atoms with E-state index in [-0.39, 0.29) is 13.0 Å². The van der Waals surface area contributed by atoms with Crippen LogP contribution < -0.4 is 5.32 Å². The Morgan fingerprint density at radius 2 is 2.04 bits per heavy atom. The van der Waals surface area contributed by atoms with Gasteiger partial charge >= 0.3 is 5.97 Å². The van der Waals surface area contributed by atoms with Gasteiger partial charge in [0, 0.05) is 12.7 Å². The number of amides is 1. The van der Waals surface area contributed by atoms with Crippen molar-refractivity contribution >= 4 is 23.2 Å². The number of hydrogen-bond donors (Lipinski definition) is 1. The fourth-order valence-corrected chi connectivity index (χ4v) is 3.26. The maximum atomic E-state index is 12.6. The Labute approximate surface area is 166 Å². The number of hydrogen-bond acceptors (Lipinski definition) is 6. The van der Waals surface area contributed by atoms with Gasteiger partial charge in [-0.2, -0.15) is 10.4 Å². The molecule has 0 fully saturated rings. The van der Waals surface area contributed by atoms with Crippen molar-refractivity contribution in [3.63, 3.8) is 0 Å². The number of carbonyl (C=O) groups excluding carboxylic acids is 2. The maximum absolute atomic E-state index is 12.6. The molecule has 0 aliphatic heterocycles. The number of nitrogens with zero attached hydrogens (tertiary/aromatic N) is 3. The fraction of sp³-hybridized carbons (Fsp3) is 0.200. The summed E-state index contributed by atoms with van der Waals surface area (Å²) in [6.07, 6.45) is 1.84. The number of thiophene rings is 1. The summed E-state index contributed by atoms with van der Waals surface area (Å²) >= 11 is 1.47. The molecule has 0 saturated heterocycles. The maximum Gasteiger partial charge on any atom is 0.342 e. The molecule has 0 spiro atoms. The fourth-order valence-electron chi connectivity index (χ4n) is 2.54. The molecule has 0 atom stereocenters. The summed E-state index contributed by atoms with van der Waals surface area (Å²) in [4.78, 5) is 25.1. The third kappa shape index (κ3) is 5.05. The standard InChI is InChI=1S/C20H18N4O3S/c21-9-5-10-22-18(25)14-27-20(26)16-13-24(12-15-6-2-1-3-7-15)23-19(16)17-8-4-11-28-17/h1-4,6-8,11,13H,5,10,12,14H2,(H,22,25). The van der Waals surface area contributed by atoms with E-state index in [4.69, 9.17) is 10.00 Å². The highest BCUT2D eigenvalue weighted by atomic mass is 32.1. The molecule has 7 nitrogen and oxygen atoms in total. The molecule has 1 aromatic carbocycles. The quantitative estimate of drug-likeness (QED) is 0.468. The molecule has 28 heavy (non-hydrogen) atoms. The molecule has 0 bridgehead atoms. The van der Waals surface area contributed by atoms with Crippen LogP contribution in [0.4, 0.5) is 0 Å². The Morgan fingerprint density at radius 3 is 2.75 bits per heavy atom. The SMILES string of the molecule is N#CCCNC(=O)COC(=O)c1cn(Cc2ccccc2)nc1-c1cccs1. The van der Waals surface area contributed by atoms with Gasteiger partial charge in [0.05, 0.1) is 23.9 Å². The van der Waals surface area contributed by atoms with E-state index in [1.54, 1.807) is 10.9 Å². The highest BCUT2D eigenvalue weighted by Gasteiger charge is 2.21. The molecular formula is C20H18N4O3S. The van der Waals surface area contributed by atoms with Gasteiger partial charge in [-0.05, 0) is 17.0 Å². The Bertz CT molecular complexity index is 975. The number of nitriles is 1. The summed E-state index contributed by atoms with van der Waals surface area (Å²) in [5.41, 5.74) is 1.89. The van der Waals surface area contributed by atoms with Crippen LogP contribution in [-0.2, 0) is 16.1 Å². The zero-order valence-corrected chi connectivity index (χ0v) is 15.8. The van der Waals surface area contributed by atoms with Crippen LogP contribution >= 0.6 is 11.3 Å². The second kappa shape index (κ2) is 9.48. The molecule has 0 unspecified atom stereocenters. The van der Waals surface area contributed by atoms with Crippen LogP contribution in [0.25, 0.3) is 10.6 Å². The van der Waals surface area contributed by atoms with Crippen LogP contribution in [0.3, 0.4) is 0 Å². The van der Waals surface area contributed by atoms with Crippen molar-refractivity contribution in [1.82, 2.24) is 15.1 Å². The monoisotopic (exact) mass is 394 g/mol. The zero-order chi connectivity index (χ0) is 19.8. The zero-order valence-electron chi connectivity index (χ0n) is 15.0. The lowest BCUT2D eigenvalue weighted by Gasteiger charge is -2.05. The summed E-state index contributed by atoms with van der Waals surface area (Å²) in [6, 6.07) is 15.5. The second-order valence-electron chi connectivity index (χ2n) is 5.89. The lowest BCUT2D eigenvalue weighted by atomic mass is 10.2. The number of carbonyl (C=O) groups is 2. The highest BCUT2D eigenvalue weighted by molar-refractivity contribution is 7.13. The number of rotatable bonds is 8. The Morgan fingerprint density at radius 1 is 1.21 bits per heavy atom. The van der Waals surface area contributed by atoms with Gasteiger partial charge in [0.25, 0.3) is 5.91 Å². The summed E-state index contributed by atoms with van der Waals surface area (Å²) in [5.74, 6) is -1.06. The van der Waals surface area contributed by atoms with Crippen LogP contribution in [0.5, 0.6) is 0 Å². The van der Waals surface area contributed by atoms with Crippen LogP contribution in [0, 0.1) is 11.3 Å². The van der Waals surface area contributed by atoms with Gasteiger partial charge in [-0.1, -0.05) is 36.4 Å². The number of ether oxygens (including phenoxy) is 1. The molecule has 0 radical (unpaired) electrons. The molecule has 0 aliphatic rings. The molecule has 0 aliphatic carbocycles. The average molecular weight is 394 g/mol. The normalized spacial score (nSPS) is 10.2. The topological polar surface area (TPSA) is 97.0 Å². The van der Waals surface area contributed by atoms with E-state index in [2.05, 4.69) is 10.4 Å². The van der Waals surface area contributed by atoms with E-state index in [0.29, 0.717) is 17.8 Å². The largest absolute Gasteiger partial charge is 0.452 e. The van der Waals surface area contributed by atoms with Crippen LogP contribution in [-0.4, -0.2) is 34.8 Å². The van der Waals surface area contributed by atoms with E-state index in [0.717, 1.165) is 10.4 Å². The first-order valence-electron chi connectivity index (χ1n) is 8.63. The summed E-state index contributed by atoms with van der Waals surface area (Å²) < 4.78 is 6.83. The minimum atomic E-state index is -0.613. The van der Waals surface area contributed by atoms with E-state index in [1.165, 1.54) is 11.3 Å². The highest BCUT2D eigenvalue weighted by Crippen LogP contribution is 2.27. The van der Waals surface area contributed by atoms with Crippen molar-refractivity contribution in [2.24, 2.45) is 0 Å². The Kier molecular flexibility index (Phi) is 6.54. The first-order chi connectivity index (χ1) is 13.7. The van der Waals surface area contributed by atoms with Crippen LogP contribution in [0.15, 0.2) is 54.0 Å². The van der Waals surface area contributed by atoms with Gasteiger partial charge in [-0.15, -0.1) is 11.3 Å². The number of esters is 1. The lowest BCUT2D eigenvalue weighted by Crippen LogP contribution is -2.29. The molecule has 3 aromatic rings. The van der Waals surface area contributed by atoms with E-state index >= 15 is 0 Å². The van der Waals surface area contributed by atoms with Crippen molar-refractivity contribution < 1.29 is 14.3 Å². The summed E-state index contributed by atoms with van der Waals surface area (Å²) in [5, 5.41) is 17.4. The van der Waals surface area contributed by atoms with Gasteiger partial charge in [-0.25, -0.2) is 4.79 Å². The van der Waals surface area contributed by atoms with Crippen molar-refractivity contribution in [2.75, 3.05) is 13.2 Å². The minimum absolute atomic E-state index is 0.203. The van der Waals surface area contributed by atoms with Crippen molar-refractivity contribution in [1.29, 1.82) is 5.26 Å². The first-order valence-corrected chi connectivity index (χ1v) is 9.51. The first kappa shape index (κ1) is 19.3. The molecular weight excluding hydrogens is 376 g/mol. The molecule has 2 heterocycles. The smallest absolute Gasteiger partial charge is 0.342 e. The summed E-state index contributed by atoms with van der Waals surface area (Å²) in [7, 11) is 0. The van der Waals surface area contributed by atoms with Gasteiger partial charge in [0.15, 0.2) is 6.61 Å². The van der Waals surface area contributed by atoms with Crippen molar-refractivity contribution in [2.45, 2.75) is 13.0 Å². The number of benzene rings is 1. The van der Waals surface area contributed by atoms with Gasteiger partial charge in [0.2, 0.25) is 0 Å². The molecule has 1 N–H and O–H groups in total. The Hall–Kier alpha value is -3.44. The van der Waals surface area contributed by atoms with Crippen LogP contribution in [0.1, 0.15) is 22.3 Å². The predicted molar refractivity (Wildman–Crippen MR) is 105 cm³/mol. The van der Waals surface area contributed by atoms with Crippen molar-refractivity contribution in [3.05, 3.63) is 65.2 Å². The van der Waals surface area contributed by atoms with E-state index in [1.807, 2.05) is 53.9 Å². The average Bonchev–Trinajstić information content (AvgIpc) is 3.37. The third-order valence-corrected chi connectivity index (χ3v) is 4.69. The molecule has 1 amide bonds. The molecule has 3 rings (SSSR count). The number of aromatic nitrogens is 2. The van der Waals surface area contributed by atoms with E-state index in [9.17, 15) is 9.59 Å². The van der Waals surface area contributed by atoms with Gasteiger partial charge in [-0.3, -0.25) is 9.48 Å². The van der Waals surface area contributed by atoms with Gasteiger partial charge < -0.3 is 10.1 Å². The predicted octanol–water partition coefficient (Wildman–Crippen LogP) is 2.85. The summed E-state index contributed by atoms with van der Waals surface area (Å²) in [6.45, 7) is 0.335. The van der Waals surface area contributed by atoms with Gasteiger partial charge in [0.1, 0.15) is 11.3 Å². The molecule has 0 saturated carbocycles. The lowest BCUT2D eigenvalue weighted by molar-refractivity contribution is -0.124. The third-order valence-electron chi connectivity index (χ3n) is 3.82. The van der Waals surface area contributed by atoms with Crippen molar-refractivity contribution in [3.8, 4) is 16.6 Å². The molecule has 8 heteroatoms. The molecule has 142 valence electrons. The minimum Gasteiger partial charge on any atom is -0.452 e. The molecule has 2 aromatic heterocycles. The Balaban J connectivity index is 1.74. The van der Waals surface area contributed by atoms with E-state index < -0.39 is 18.5 Å². The second-order valence-corrected chi connectivity index (χ2v) is 6.83. The number of nitrogens with one attached hydrogen (secondary N) is 1.